The molecule has 2 aromatic heterocycles. The Morgan fingerprint density at radius 3 is 3.21 bits per heavy atom. The summed E-state index contributed by atoms with van der Waals surface area (Å²) in [4.78, 5) is 18.6. The van der Waals surface area contributed by atoms with E-state index in [9.17, 15) is 4.79 Å². The Morgan fingerprint density at radius 2 is 2.37 bits per heavy atom. The first-order chi connectivity index (χ1) is 9.22. The zero-order valence-electron chi connectivity index (χ0n) is 10.4. The minimum Gasteiger partial charge on any atom is -0.477 e. The van der Waals surface area contributed by atoms with Crippen LogP contribution in [0.15, 0.2) is 29.8 Å². The summed E-state index contributed by atoms with van der Waals surface area (Å²) < 4.78 is 0. The van der Waals surface area contributed by atoms with Crippen molar-refractivity contribution in [1.82, 2.24) is 9.88 Å². The summed E-state index contributed by atoms with van der Waals surface area (Å²) >= 11 is 1.83. The zero-order chi connectivity index (χ0) is 13.2. The largest absolute Gasteiger partial charge is 0.477 e. The molecule has 1 aliphatic heterocycles. The van der Waals surface area contributed by atoms with E-state index in [0.717, 1.165) is 31.6 Å². The van der Waals surface area contributed by atoms with Crippen molar-refractivity contribution >= 4 is 17.3 Å². The lowest BCUT2D eigenvalue weighted by Gasteiger charge is -2.26. The summed E-state index contributed by atoms with van der Waals surface area (Å²) in [5, 5.41) is 11.1. The van der Waals surface area contributed by atoms with Crippen molar-refractivity contribution in [3.63, 3.8) is 0 Å². The van der Waals surface area contributed by atoms with Gasteiger partial charge in [0.25, 0.3) is 0 Å². The van der Waals surface area contributed by atoms with Gasteiger partial charge in [-0.2, -0.15) is 0 Å². The van der Waals surface area contributed by atoms with Gasteiger partial charge in [0.1, 0.15) is 5.69 Å². The highest BCUT2D eigenvalue weighted by molar-refractivity contribution is 7.10. The maximum Gasteiger partial charge on any atom is 0.354 e. The predicted octanol–water partition coefficient (Wildman–Crippen LogP) is 2.40. The van der Waals surface area contributed by atoms with E-state index in [1.54, 1.807) is 12.3 Å². The van der Waals surface area contributed by atoms with Gasteiger partial charge in [0.2, 0.25) is 0 Å². The average molecular weight is 274 g/mol. The molecule has 3 rings (SSSR count). The third-order valence-electron chi connectivity index (χ3n) is 3.34. The second-order valence-electron chi connectivity index (χ2n) is 4.68. The van der Waals surface area contributed by atoms with E-state index in [1.165, 1.54) is 10.4 Å². The molecule has 2 aromatic rings. The number of thiophene rings is 1. The summed E-state index contributed by atoms with van der Waals surface area (Å²) in [6.07, 6.45) is 2.66. The maximum atomic E-state index is 10.9. The molecule has 0 atom stereocenters. The van der Waals surface area contributed by atoms with Gasteiger partial charge < -0.3 is 5.11 Å². The van der Waals surface area contributed by atoms with Gasteiger partial charge in [-0.3, -0.25) is 4.90 Å². The van der Waals surface area contributed by atoms with Crippen LogP contribution in [0.5, 0.6) is 0 Å². The predicted molar refractivity (Wildman–Crippen MR) is 73.3 cm³/mol. The van der Waals surface area contributed by atoms with Gasteiger partial charge in [-0.15, -0.1) is 11.3 Å². The number of hydrogen-bond acceptors (Lipinski definition) is 4. The molecule has 19 heavy (non-hydrogen) atoms. The van der Waals surface area contributed by atoms with Crippen LogP contribution in [-0.2, 0) is 19.5 Å². The zero-order valence-corrected chi connectivity index (χ0v) is 11.2. The van der Waals surface area contributed by atoms with E-state index < -0.39 is 5.97 Å². The summed E-state index contributed by atoms with van der Waals surface area (Å²) in [5.41, 5.74) is 2.53. The molecule has 0 spiro atoms. The van der Waals surface area contributed by atoms with Crippen LogP contribution in [0.3, 0.4) is 0 Å². The average Bonchev–Trinajstić information content (AvgIpc) is 2.86. The molecular formula is C14H14N2O2S. The first-order valence-corrected chi connectivity index (χ1v) is 7.06. The Kier molecular flexibility index (Phi) is 3.31. The molecule has 0 bridgehead atoms. The number of hydrogen-bond donors (Lipinski definition) is 1. The van der Waals surface area contributed by atoms with Gasteiger partial charge in [-0.25, -0.2) is 9.78 Å². The van der Waals surface area contributed by atoms with Crippen LogP contribution in [-0.4, -0.2) is 27.5 Å². The van der Waals surface area contributed by atoms with E-state index in [2.05, 4.69) is 21.3 Å². The topological polar surface area (TPSA) is 53.4 Å². The van der Waals surface area contributed by atoms with Crippen molar-refractivity contribution < 1.29 is 9.90 Å². The molecule has 0 saturated heterocycles. The molecule has 0 fully saturated rings. The Balaban J connectivity index is 1.72. The van der Waals surface area contributed by atoms with Gasteiger partial charge in [-0.05, 0) is 41.1 Å². The Hall–Kier alpha value is -1.72. The number of carboxylic acids is 1. The fourth-order valence-electron chi connectivity index (χ4n) is 2.39. The Morgan fingerprint density at radius 1 is 1.47 bits per heavy atom. The van der Waals surface area contributed by atoms with Crippen LogP contribution < -0.4 is 0 Å². The molecule has 0 aliphatic carbocycles. The minimum absolute atomic E-state index is 0.116. The van der Waals surface area contributed by atoms with Gasteiger partial charge in [-0.1, -0.05) is 0 Å². The standard InChI is InChI=1S/C14H14N2O2S/c17-14(18)12-7-10(1-4-15-12)8-16-5-2-13-11(9-16)3-6-19-13/h1,3-4,6-7H,2,5,8-9H2,(H,17,18). The molecule has 1 aliphatic rings. The Bertz CT molecular complexity index is 609. The molecule has 0 aromatic carbocycles. The minimum atomic E-state index is -0.972. The van der Waals surface area contributed by atoms with Crippen molar-refractivity contribution in [1.29, 1.82) is 0 Å². The van der Waals surface area contributed by atoms with Crippen molar-refractivity contribution in [3.8, 4) is 0 Å². The lowest BCUT2D eigenvalue weighted by Crippen LogP contribution is -2.29. The molecule has 0 amide bonds. The normalized spacial score (nSPS) is 15.2. The fraction of sp³-hybridized carbons (Fsp3) is 0.286. The SMILES string of the molecule is O=C(O)c1cc(CN2CCc3sccc3C2)ccn1. The van der Waals surface area contributed by atoms with Crippen molar-refractivity contribution in [3.05, 3.63) is 51.5 Å². The molecular weight excluding hydrogens is 260 g/mol. The van der Waals surface area contributed by atoms with Crippen LogP contribution >= 0.6 is 11.3 Å². The van der Waals surface area contributed by atoms with Gasteiger partial charge >= 0.3 is 5.97 Å². The number of aromatic carboxylic acids is 1. The highest BCUT2D eigenvalue weighted by Gasteiger charge is 2.17. The number of carboxylic acid groups (broad SMARTS) is 1. The molecule has 5 heteroatoms. The molecule has 1 N–H and O–H groups in total. The van der Waals surface area contributed by atoms with Crippen LogP contribution in [0, 0.1) is 0 Å². The van der Waals surface area contributed by atoms with E-state index in [0.29, 0.717) is 0 Å². The summed E-state index contributed by atoms with van der Waals surface area (Å²) in [5.74, 6) is -0.972. The molecule has 0 unspecified atom stereocenters. The Labute approximate surface area is 115 Å². The summed E-state index contributed by atoms with van der Waals surface area (Å²) in [6.45, 7) is 2.75. The van der Waals surface area contributed by atoms with E-state index >= 15 is 0 Å². The lowest BCUT2D eigenvalue weighted by atomic mass is 10.1. The second-order valence-corrected chi connectivity index (χ2v) is 5.68. The molecule has 3 heterocycles. The van der Waals surface area contributed by atoms with Crippen molar-refractivity contribution in [2.45, 2.75) is 19.5 Å². The van der Waals surface area contributed by atoms with Gasteiger partial charge in [0, 0.05) is 30.7 Å². The number of carbonyl (C=O) groups is 1. The molecule has 0 radical (unpaired) electrons. The fourth-order valence-corrected chi connectivity index (χ4v) is 3.28. The third-order valence-corrected chi connectivity index (χ3v) is 4.36. The maximum absolute atomic E-state index is 10.9. The summed E-state index contributed by atoms with van der Waals surface area (Å²) in [6, 6.07) is 5.72. The molecule has 98 valence electrons. The van der Waals surface area contributed by atoms with Gasteiger partial charge in [0.15, 0.2) is 0 Å². The smallest absolute Gasteiger partial charge is 0.354 e. The van der Waals surface area contributed by atoms with E-state index in [-0.39, 0.29) is 5.69 Å². The quantitative estimate of drug-likeness (QED) is 0.933. The van der Waals surface area contributed by atoms with Crippen LogP contribution in [0.2, 0.25) is 0 Å². The van der Waals surface area contributed by atoms with Crippen molar-refractivity contribution in [2.24, 2.45) is 0 Å². The first kappa shape index (κ1) is 12.3. The van der Waals surface area contributed by atoms with Crippen LogP contribution in [0.1, 0.15) is 26.5 Å². The number of fused-ring (bicyclic) bond motifs is 1. The second kappa shape index (κ2) is 5.11. The molecule has 0 saturated carbocycles. The van der Waals surface area contributed by atoms with Crippen LogP contribution in [0.4, 0.5) is 0 Å². The highest BCUT2D eigenvalue weighted by atomic mass is 32.1. The van der Waals surface area contributed by atoms with Gasteiger partial charge in [0.05, 0.1) is 0 Å². The number of nitrogens with zero attached hydrogens (tertiary/aromatic N) is 2. The number of aromatic nitrogens is 1. The molecule has 4 nitrogen and oxygen atoms in total. The lowest BCUT2D eigenvalue weighted by molar-refractivity contribution is 0.0690. The monoisotopic (exact) mass is 274 g/mol. The number of rotatable bonds is 3. The summed E-state index contributed by atoms with van der Waals surface area (Å²) in [7, 11) is 0. The van der Waals surface area contributed by atoms with Crippen LogP contribution in [0.25, 0.3) is 0 Å². The van der Waals surface area contributed by atoms with E-state index in [4.69, 9.17) is 5.11 Å². The number of pyridine rings is 1. The first-order valence-electron chi connectivity index (χ1n) is 6.18. The van der Waals surface area contributed by atoms with Crippen molar-refractivity contribution in [2.75, 3.05) is 6.54 Å². The highest BCUT2D eigenvalue weighted by Crippen LogP contribution is 2.24. The van der Waals surface area contributed by atoms with E-state index in [1.807, 2.05) is 17.4 Å². The third kappa shape index (κ3) is 2.67.